The molecule has 14 heavy (non-hydrogen) atoms. The Bertz CT molecular complexity index is 330. The Kier molecular flexibility index (Phi) is 2.15. The first kappa shape index (κ1) is 9.40. The van der Waals surface area contributed by atoms with Crippen LogP contribution in [0.3, 0.4) is 0 Å². The zero-order chi connectivity index (χ0) is 10.2. The molecule has 0 saturated carbocycles. The topological polar surface area (TPSA) is 21.3 Å². The Hall–Kier alpha value is -1.16. The maximum absolute atomic E-state index is 12.8. The van der Waals surface area contributed by atoms with Crippen molar-refractivity contribution < 1.29 is 13.5 Å². The molecular weight excluding hydrogens is 188 g/mol. The largest absolute Gasteiger partial charge is 0.485 e. The zero-order valence-corrected chi connectivity index (χ0v) is 7.81. The van der Waals surface area contributed by atoms with Gasteiger partial charge in [0.15, 0.2) is 0 Å². The number of nitrogens with one attached hydrogen (secondary N) is 1. The monoisotopic (exact) mass is 199 g/mol. The molecule has 1 aromatic rings. The summed E-state index contributed by atoms with van der Waals surface area (Å²) in [6.07, 6.45) is 0. The van der Waals surface area contributed by atoms with Crippen molar-refractivity contribution in [3.63, 3.8) is 0 Å². The standard InChI is InChI=1S/C10H11F2NO/c1-10(5-13-6-10)14-9-3-7(11)2-8(12)4-9/h2-4,13H,5-6H2,1H3. The predicted molar refractivity (Wildman–Crippen MR) is 48.3 cm³/mol. The van der Waals surface area contributed by atoms with E-state index in [-0.39, 0.29) is 11.4 Å². The number of ether oxygens (including phenoxy) is 1. The minimum Gasteiger partial charge on any atom is -0.485 e. The maximum Gasteiger partial charge on any atom is 0.131 e. The number of halogens is 2. The SMILES string of the molecule is CC1(Oc2cc(F)cc(F)c2)CNC1. The lowest BCUT2D eigenvalue weighted by Gasteiger charge is -2.39. The van der Waals surface area contributed by atoms with Gasteiger partial charge in [0.25, 0.3) is 0 Å². The highest BCUT2D eigenvalue weighted by Crippen LogP contribution is 2.23. The molecule has 1 aliphatic rings. The summed E-state index contributed by atoms with van der Waals surface area (Å²) in [5.74, 6) is -0.988. The Morgan fingerprint density at radius 1 is 1.21 bits per heavy atom. The molecule has 0 aromatic heterocycles. The van der Waals surface area contributed by atoms with Gasteiger partial charge in [-0.2, -0.15) is 0 Å². The van der Waals surface area contributed by atoms with Gasteiger partial charge in [-0.3, -0.25) is 0 Å². The molecule has 1 N–H and O–H groups in total. The Balaban J connectivity index is 2.16. The molecule has 1 aromatic carbocycles. The van der Waals surface area contributed by atoms with Crippen molar-refractivity contribution in [2.45, 2.75) is 12.5 Å². The van der Waals surface area contributed by atoms with E-state index in [1.165, 1.54) is 12.1 Å². The van der Waals surface area contributed by atoms with Crippen LogP contribution in [0.2, 0.25) is 0 Å². The van der Waals surface area contributed by atoms with Crippen LogP contribution in [0.4, 0.5) is 8.78 Å². The predicted octanol–water partition coefficient (Wildman–Crippen LogP) is 1.71. The van der Waals surface area contributed by atoms with Crippen LogP contribution in [0.1, 0.15) is 6.92 Å². The van der Waals surface area contributed by atoms with Crippen molar-refractivity contribution in [1.29, 1.82) is 0 Å². The Morgan fingerprint density at radius 3 is 2.21 bits per heavy atom. The average molecular weight is 199 g/mol. The van der Waals surface area contributed by atoms with Crippen molar-refractivity contribution in [3.05, 3.63) is 29.8 Å². The highest BCUT2D eigenvalue weighted by atomic mass is 19.1. The lowest BCUT2D eigenvalue weighted by Crippen LogP contribution is -2.61. The van der Waals surface area contributed by atoms with E-state index in [4.69, 9.17) is 4.74 Å². The highest BCUT2D eigenvalue weighted by Gasteiger charge is 2.33. The summed E-state index contributed by atoms with van der Waals surface area (Å²) in [7, 11) is 0. The summed E-state index contributed by atoms with van der Waals surface area (Å²) in [5, 5.41) is 3.04. The molecule has 1 fully saturated rings. The van der Waals surface area contributed by atoms with Gasteiger partial charge < -0.3 is 10.1 Å². The van der Waals surface area contributed by atoms with E-state index < -0.39 is 11.6 Å². The first-order valence-corrected chi connectivity index (χ1v) is 4.43. The van der Waals surface area contributed by atoms with Crippen LogP contribution in [0.25, 0.3) is 0 Å². The van der Waals surface area contributed by atoms with Gasteiger partial charge >= 0.3 is 0 Å². The van der Waals surface area contributed by atoms with Crippen molar-refractivity contribution in [2.24, 2.45) is 0 Å². The summed E-state index contributed by atoms with van der Waals surface area (Å²) >= 11 is 0. The quantitative estimate of drug-likeness (QED) is 0.782. The lowest BCUT2D eigenvalue weighted by molar-refractivity contribution is 0.0343. The zero-order valence-electron chi connectivity index (χ0n) is 7.81. The van der Waals surface area contributed by atoms with Crippen molar-refractivity contribution in [1.82, 2.24) is 5.32 Å². The number of rotatable bonds is 2. The molecule has 0 aliphatic carbocycles. The maximum atomic E-state index is 12.8. The smallest absolute Gasteiger partial charge is 0.131 e. The molecule has 0 radical (unpaired) electrons. The summed E-state index contributed by atoms with van der Waals surface area (Å²) in [5.41, 5.74) is -0.333. The molecule has 4 heteroatoms. The fourth-order valence-electron chi connectivity index (χ4n) is 1.42. The third-order valence-corrected chi connectivity index (χ3v) is 2.20. The van der Waals surface area contributed by atoms with Gasteiger partial charge in [-0.1, -0.05) is 0 Å². The summed E-state index contributed by atoms with van der Waals surface area (Å²) in [6.45, 7) is 3.29. The van der Waals surface area contributed by atoms with Crippen LogP contribution in [0, 0.1) is 11.6 Å². The molecule has 0 bridgehead atoms. The first-order chi connectivity index (χ1) is 6.57. The number of benzene rings is 1. The van der Waals surface area contributed by atoms with Crippen LogP contribution in [0.15, 0.2) is 18.2 Å². The van der Waals surface area contributed by atoms with Gasteiger partial charge in [0.05, 0.1) is 0 Å². The Morgan fingerprint density at radius 2 is 1.79 bits per heavy atom. The van der Waals surface area contributed by atoms with E-state index in [1.807, 2.05) is 6.92 Å². The second kappa shape index (κ2) is 3.20. The van der Waals surface area contributed by atoms with Crippen molar-refractivity contribution in [2.75, 3.05) is 13.1 Å². The molecule has 1 aliphatic heterocycles. The average Bonchev–Trinajstić information content (AvgIpc) is 1.99. The van der Waals surface area contributed by atoms with Gasteiger partial charge in [0, 0.05) is 31.3 Å². The van der Waals surface area contributed by atoms with Crippen LogP contribution < -0.4 is 10.1 Å². The summed E-state index contributed by atoms with van der Waals surface area (Å²) < 4.78 is 31.0. The van der Waals surface area contributed by atoms with E-state index >= 15 is 0 Å². The van der Waals surface area contributed by atoms with E-state index in [9.17, 15) is 8.78 Å². The van der Waals surface area contributed by atoms with Gasteiger partial charge in [-0.15, -0.1) is 0 Å². The van der Waals surface area contributed by atoms with Gasteiger partial charge in [-0.05, 0) is 6.92 Å². The Labute approximate surface area is 80.9 Å². The highest BCUT2D eigenvalue weighted by molar-refractivity contribution is 5.25. The lowest BCUT2D eigenvalue weighted by atomic mass is 10.00. The van der Waals surface area contributed by atoms with Gasteiger partial charge in [-0.25, -0.2) is 8.78 Å². The molecule has 76 valence electrons. The minimum atomic E-state index is -0.615. The third kappa shape index (κ3) is 1.85. The normalized spacial score (nSPS) is 18.8. The molecule has 2 rings (SSSR count). The van der Waals surface area contributed by atoms with Crippen LogP contribution >= 0.6 is 0 Å². The molecule has 1 heterocycles. The second-order valence-corrected chi connectivity index (χ2v) is 3.76. The molecule has 0 unspecified atom stereocenters. The summed E-state index contributed by atoms with van der Waals surface area (Å²) in [6, 6.07) is 3.20. The molecule has 0 spiro atoms. The van der Waals surface area contributed by atoms with Crippen LogP contribution in [-0.2, 0) is 0 Å². The molecule has 2 nitrogen and oxygen atoms in total. The second-order valence-electron chi connectivity index (χ2n) is 3.76. The molecule has 1 saturated heterocycles. The number of hydrogen-bond donors (Lipinski definition) is 1. The first-order valence-electron chi connectivity index (χ1n) is 4.43. The number of hydrogen-bond acceptors (Lipinski definition) is 2. The molecule has 0 amide bonds. The van der Waals surface area contributed by atoms with E-state index in [0.717, 1.165) is 6.07 Å². The van der Waals surface area contributed by atoms with Gasteiger partial charge in [0.2, 0.25) is 0 Å². The van der Waals surface area contributed by atoms with Gasteiger partial charge in [0.1, 0.15) is 23.0 Å². The van der Waals surface area contributed by atoms with E-state index in [1.54, 1.807) is 0 Å². The summed E-state index contributed by atoms with van der Waals surface area (Å²) in [4.78, 5) is 0. The van der Waals surface area contributed by atoms with E-state index in [0.29, 0.717) is 13.1 Å². The fourth-order valence-corrected chi connectivity index (χ4v) is 1.42. The molecular formula is C10H11F2NO. The van der Waals surface area contributed by atoms with E-state index in [2.05, 4.69) is 5.32 Å². The van der Waals surface area contributed by atoms with Crippen molar-refractivity contribution >= 4 is 0 Å². The van der Waals surface area contributed by atoms with Crippen molar-refractivity contribution in [3.8, 4) is 5.75 Å². The van der Waals surface area contributed by atoms with Crippen LogP contribution in [-0.4, -0.2) is 18.7 Å². The minimum absolute atomic E-state index is 0.242. The third-order valence-electron chi connectivity index (χ3n) is 2.20. The fraction of sp³-hybridized carbons (Fsp3) is 0.400. The van der Waals surface area contributed by atoms with Crippen LogP contribution in [0.5, 0.6) is 5.75 Å². The molecule has 0 atom stereocenters.